The van der Waals surface area contributed by atoms with Crippen LogP contribution in [0.1, 0.15) is 24.0 Å². The summed E-state index contributed by atoms with van der Waals surface area (Å²) in [7, 11) is 0. The van der Waals surface area contributed by atoms with Crippen molar-refractivity contribution in [2.24, 2.45) is 5.73 Å². The molecule has 1 amide bonds. The van der Waals surface area contributed by atoms with Crippen LogP contribution in [-0.4, -0.2) is 22.5 Å². The highest BCUT2D eigenvalue weighted by Gasteiger charge is 2.21. The maximum atomic E-state index is 12.7. The van der Waals surface area contributed by atoms with E-state index < -0.39 is 11.0 Å². The lowest BCUT2D eigenvalue weighted by molar-refractivity contribution is -0.711. The molecular weight excluding hydrogens is 368 g/mol. The number of nitrogens with zero attached hydrogens (tertiary/aromatic N) is 2. The van der Waals surface area contributed by atoms with Crippen LogP contribution >= 0.6 is 11.3 Å². The van der Waals surface area contributed by atoms with E-state index in [9.17, 15) is 14.9 Å². The van der Waals surface area contributed by atoms with Crippen molar-refractivity contribution in [3.8, 4) is 5.75 Å². The summed E-state index contributed by atoms with van der Waals surface area (Å²) in [5.74, 6) is -0.819. The van der Waals surface area contributed by atoms with Crippen LogP contribution in [0.3, 0.4) is 0 Å². The summed E-state index contributed by atoms with van der Waals surface area (Å²) in [6.07, 6.45) is 4.00. The summed E-state index contributed by atoms with van der Waals surface area (Å²) in [6.45, 7) is 1.92. The Balaban J connectivity index is 1.84. The van der Waals surface area contributed by atoms with E-state index in [1.807, 2.05) is 19.1 Å². The lowest BCUT2D eigenvalue weighted by atomic mass is 9.96. The van der Waals surface area contributed by atoms with E-state index in [1.54, 1.807) is 24.5 Å². The zero-order valence-corrected chi connectivity index (χ0v) is 15.4. The molecule has 2 aromatic heterocycles. The number of pyridine rings is 1. The number of aromatic nitrogens is 1. The maximum Gasteiger partial charge on any atom is 0.299 e. The van der Waals surface area contributed by atoms with Crippen LogP contribution in [0, 0.1) is 10.1 Å². The number of amides is 1. The Hall–Kier alpha value is -3.04. The molecule has 0 spiro atoms. The number of anilines is 1. The third-order valence-electron chi connectivity index (χ3n) is 4.17. The van der Waals surface area contributed by atoms with Crippen molar-refractivity contribution in [1.29, 1.82) is 0 Å². The fourth-order valence-electron chi connectivity index (χ4n) is 2.79. The van der Waals surface area contributed by atoms with Crippen LogP contribution in [0.2, 0.25) is 0 Å². The van der Waals surface area contributed by atoms with Gasteiger partial charge in [-0.3, -0.25) is 14.6 Å². The molecule has 0 saturated heterocycles. The molecule has 2 heterocycles. The van der Waals surface area contributed by atoms with Gasteiger partial charge in [-0.2, -0.15) is 0 Å². The largest absolute Gasteiger partial charge is 0.329 e. The van der Waals surface area contributed by atoms with Gasteiger partial charge in [-0.1, -0.05) is 19.1 Å². The zero-order chi connectivity index (χ0) is 19.4. The fourth-order valence-corrected chi connectivity index (χ4v) is 3.73. The van der Waals surface area contributed by atoms with Crippen LogP contribution in [0.5, 0.6) is 5.75 Å². The second-order valence-electron chi connectivity index (χ2n) is 5.84. The molecule has 0 aliphatic rings. The summed E-state index contributed by atoms with van der Waals surface area (Å²) in [5, 5.41) is 14.4. The van der Waals surface area contributed by atoms with Gasteiger partial charge < -0.3 is 11.1 Å². The molecular formula is C18H18N4O4S. The van der Waals surface area contributed by atoms with Crippen molar-refractivity contribution in [1.82, 2.24) is 4.98 Å². The number of thiophene rings is 1. The van der Waals surface area contributed by atoms with Crippen molar-refractivity contribution in [2.45, 2.75) is 19.3 Å². The van der Waals surface area contributed by atoms with Gasteiger partial charge in [0.25, 0.3) is 5.09 Å². The molecule has 0 radical (unpaired) electrons. The Morgan fingerprint density at radius 3 is 2.89 bits per heavy atom. The minimum absolute atomic E-state index is 0.0572. The first-order valence-corrected chi connectivity index (χ1v) is 9.13. The second kappa shape index (κ2) is 8.11. The highest BCUT2D eigenvalue weighted by atomic mass is 32.1. The topological polar surface area (TPSA) is 120 Å². The van der Waals surface area contributed by atoms with Crippen molar-refractivity contribution in [3.63, 3.8) is 0 Å². The fraction of sp³-hybridized carbons (Fsp3) is 0.222. The number of hydrogen-bond acceptors (Lipinski definition) is 7. The smallest absolute Gasteiger partial charge is 0.299 e. The van der Waals surface area contributed by atoms with Crippen LogP contribution < -0.4 is 15.9 Å². The van der Waals surface area contributed by atoms with Gasteiger partial charge in [-0.15, -0.1) is 21.5 Å². The Bertz CT molecular complexity index is 955. The highest BCUT2D eigenvalue weighted by Crippen LogP contribution is 2.31. The van der Waals surface area contributed by atoms with E-state index in [4.69, 9.17) is 5.73 Å². The van der Waals surface area contributed by atoms with Gasteiger partial charge in [0.2, 0.25) is 5.91 Å². The van der Waals surface area contributed by atoms with E-state index in [0.29, 0.717) is 22.5 Å². The molecule has 0 unspecified atom stereocenters. The summed E-state index contributed by atoms with van der Waals surface area (Å²) >= 11 is 1.42. The number of nitrogens with two attached hydrogens (primary N) is 1. The Kier molecular flexibility index (Phi) is 5.63. The quantitative estimate of drug-likeness (QED) is 0.475. The van der Waals surface area contributed by atoms with Gasteiger partial charge in [0.05, 0.1) is 15.6 Å². The lowest BCUT2D eigenvalue weighted by Gasteiger charge is -2.16. The SMILES string of the molecule is CCc1ccc([C@@H](CN)C(=O)Nc2cc3ccncc3s2)cc1O[N+](=O)[O-]. The number of fused-ring (bicyclic) bond motifs is 1. The first-order valence-electron chi connectivity index (χ1n) is 8.31. The summed E-state index contributed by atoms with van der Waals surface area (Å²) in [4.78, 5) is 32.2. The molecule has 0 aliphatic heterocycles. The standard InChI is InChI=1S/C18H18N4O4S/c1-2-11-3-4-12(7-15(11)26-22(24)25)14(9-19)18(23)21-17-8-13-5-6-20-10-16(13)27-17/h3-8,10,14H,2,9,19H2,1H3,(H,21,23)/t14-/m1/s1. The normalized spacial score (nSPS) is 11.9. The summed E-state index contributed by atoms with van der Waals surface area (Å²) in [6, 6.07) is 8.71. The molecule has 0 aliphatic carbocycles. The van der Waals surface area contributed by atoms with Gasteiger partial charge in [-0.25, -0.2) is 0 Å². The predicted octanol–water partition coefficient (Wildman–Crippen LogP) is 3.11. The van der Waals surface area contributed by atoms with E-state index in [1.165, 1.54) is 17.4 Å². The third kappa shape index (κ3) is 4.21. The van der Waals surface area contributed by atoms with E-state index in [2.05, 4.69) is 15.1 Å². The molecule has 1 aromatic carbocycles. The van der Waals surface area contributed by atoms with Gasteiger partial charge in [0.1, 0.15) is 5.75 Å². The van der Waals surface area contributed by atoms with Crippen LogP contribution in [0.25, 0.3) is 10.1 Å². The van der Waals surface area contributed by atoms with Crippen LogP contribution in [0.4, 0.5) is 5.00 Å². The van der Waals surface area contributed by atoms with Crippen molar-refractivity contribution < 1.29 is 14.7 Å². The molecule has 0 fully saturated rings. The number of rotatable bonds is 7. The van der Waals surface area contributed by atoms with Gasteiger partial charge in [-0.05, 0) is 41.1 Å². The minimum atomic E-state index is -0.860. The molecule has 0 bridgehead atoms. The summed E-state index contributed by atoms with van der Waals surface area (Å²) in [5.41, 5.74) is 7.06. The summed E-state index contributed by atoms with van der Waals surface area (Å²) < 4.78 is 0.964. The molecule has 140 valence electrons. The Morgan fingerprint density at radius 1 is 1.41 bits per heavy atom. The monoisotopic (exact) mass is 386 g/mol. The van der Waals surface area contributed by atoms with E-state index >= 15 is 0 Å². The van der Waals surface area contributed by atoms with Crippen molar-refractivity contribution in [3.05, 3.63) is 64.0 Å². The van der Waals surface area contributed by atoms with E-state index in [-0.39, 0.29) is 18.2 Å². The molecule has 8 nitrogen and oxygen atoms in total. The van der Waals surface area contributed by atoms with Crippen LogP contribution in [-0.2, 0) is 11.2 Å². The molecule has 3 rings (SSSR count). The number of benzene rings is 1. The van der Waals surface area contributed by atoms with Crippen molar-refractivity contribution >= 4 is 32.3 Å². The number of carbonyl (C=O) groups excluding carboxylic acids is 1. The van der Waals surface area contributed by atoms with E-state index in [0.717, 1.165) is 10.1 Å². The Labute approximate surface area is 159 Å². The number of aryl methyl sites for hydroxylation is 1. The predicted molar refractivity (Wildman–Crippen MR) is 103 cm³/mol. The molecule has 1 atom stereocenters. The zero-order valence-electron chi connectivity index (χ0n) is 14.5. The number of nitrogens with one attached hydrogen (secondary N) is 1. The third-order valence-corrected chi connectivity index (χ3v) is 5.17. The first-order chi connectivity index (χ1) is 13.0. The average molecular weight is 386 g/mol. The minimum Gasteiger partial charge on any atom is -0.329 e. The Morgan fingerprint density at radius 2 is 2.22 bits per heavy atom. The molecule has 3 aromatic rings. The van der Waals surface area contributed by atoms with Gasteiger partial charge >= 0.3 is 0 Å². The van der Waals surface area contributed by atoms with Gasteiger partial charge in [0.15, 0.2) is 0 Å². The average Bonchev–Trinajstić information content (AvgIpc) is 3.04. The highest BCUT2D eigenvalue weighted by molar-refractivity contribution is 7.22. The molecule has 0 saturated carbocycles. The molecule has 27 heavy (non-hydrogen) atoms. The molecule has 9 heteroatoms. The van der Waals surface area contributed by atoms with Crippen LogP contribution in [0.15, 0.2) is 42.7 Å². The second-order valence-corrected chi connectivity index (χ2v) is 6.92. The van der Waals surface area contributed by atoms with Gasteiger partial charge in [0, 0.05) is 18.9 Å². The molecule has 3 N–H and O–H groups in total. The number of carbonyl (C=O) groups is 1. The lowest BCUT2D eigenvalue weighted by Crippen LogP contribution is -2.27. The first kappa shape index (κ1) is 18.7. The number of hydrogen-bond donors (Lipinski definition) is 2. The maximum absolute atomic E-state index is 12.7. The van der Waals surface area contributed by atoms with Crippen molar-refractivity contribution in [2.75, 3.05) is 11.9 Å².